The van der Waals surface area contributed by atoms with Crippen molar-refractivity contribution >= 4 is 17.5 Å². The van der Waals surface area contributed by atoms with Crippen LogP contribution in [0.1, 0.15) is 40.0 Å². The molecule has 1 atom stereocenters. The summed E-state index contributed by atoms with van der Waals surface area (Å²) in [6.45, 7) is 1.48. The van der Waals surface area contributed by atoms with Crippen LogP contribution < -0.4 is 19.7 Å². The number of nitrogens with zero attached hydrogens (tertiary/aromatic N) is 2. The summed E-state index contributed by atoms with van der Waals surface area (Å²) in [7, 11) is 3.59. The quantitative estimate of drug-likeness (QED) is 0.743. The molecule has 0 saturated carbocycles. The van der Waals surface area contributed by atoms with Gasteiger partial charge in [0.25, 0.3) is 11.8 Å². The molecule has 0 spiro atoms. The average molecular weight is 409 g/mol. The van der Waals surface area contributed by atoms with Gasteiger partial charge in [0, 0.05) is 19.2 Å². The number of methoxy groups -OCH3 is 1. The van der Waals surface area contributed by atoms with Crippen molar-refractivity contribution in [3.63, 3.8) is 0 Å². The summed E-state index contributed by atoms with van der Waals surface area (Å²) in [6.07, 6.45) is 3.19. The molecule has 4 rings (SSSR count). The summed E-state index contributed by atoms with van der Waals surface area (Å²) in [5.41, 5.74) is 2.02. The van der Waals surface area contributed by atoms with Crippen LogP contribution in [0.15, 0.2) is 42.5 Å². The molecule has 30 heavy (non-hydrogen) atoms. The fourth-order valence-electron chi connectivity index (χ4n) is 4.18. The van der Waals surface area contributed by atoms with Crippen molar-refractivity contribution in [2.45, 2.75) is 25.4 Å². The van der Waals surface area contributed by atoms with Gasteiger partial charge in [-0.15, -0.1) is 0 Å². The summed E-state index contributed by atoms with van der Waals surface area (Å²) in [6, 6.07) is 12.7. The van der Waals surface area contributed by atoms with Crippen LogP contribution in [-0.4, -0.2) is 56.7 Å². The second kappa shape index (κ2) is 8.65. The minimum Gasteiger partial charge on any atom is -0.493 e. The Kier molecular flexibility index (Phi) is 5.79. The Bertz CT molecular complexity index is 946. The fourth-order valence-corrected chi connectivity index (χ4v) is 4.18. The normalized spacial score (nSPS) is 17.8. The number of nitrogens with one attached hydrogen (secondary N) is 1. The van der Waals surface area contributed by atoms with E-state index in [-0.39, 0.29) is 18.0 Å². The van der Waals surface area contributed by atoms with Gasteiger partial charge in [0.15, 0.2) is 11.5 Å². The first-order valence-electron chi connectivity index (χ1n) is 10.3. The Labute approximate surface area is 176 Å². The highest BCUT2D eigenvalue weighted by Crippen LogP contribution is 2.34. The number of hydrogen-bond acceptors (Lipinski definition) is 5. The number of carbonyl (C=O) groups is 2. The van der Waals surface area contributed by atoms with Gasteiger partial charge in [-0.1, -0.05) is 12.1 Å². The molecular weight excluding hydrogens is 382 g/mol. The highest BCUT2D eigenvalue weighted by Gasteiger charge is 2.37. The van der Waals surface area contributed by atoms with E-state index in [2.05, 4.69) is 10.2 Å². The van der Waals surface area contributed by atoms with Gasteiger partial charge >= 0.3 is 0 Å². The number of rotatable bonds is 6. The topological polar surface area (TPSA) is 71.1 Å². The largest absolute Gasteiger partial charge is 0.493 e. The van der Waals surface area contributed by atoms with Crippen molar-refractivity contribution in [3.8, 4) is 11.5 Å². The minimum atomic E-state index is -0.187. The predicted octanol–water partition coefficient (Wildman–Crippen LogP) is 2.91. The number of amides is 2. The number of anilines is 1. The van der Waals surface area contributed by atoms with Gasteiger partial charge in [-0.2, -0.15) is 0 Å². The molecule has 1 N–H and O–H groups in total. The number of piperidine rings is 1. The Morgan fingerprint density at radius 1 is 1.17 bits per heavy atom. The number of fused-ring (bicyclic) bond motifs is 2. The second-order valence-electron chi connectivity index (χ2n) is 7.57. The van der Waals surface area contributed by atoms with Crippen LogP contribution in [0.5, 0.6) is 11.5 Å². The summed E-state index contributed by atoms with van der Waals surface area (Å²) in [5.74, 6) is 1.17. The zero-order valence-electron chi connectivity index (χ0n) is 17.4. The van der Waals surface area contributed by atoms with Crippen molar-refractivity contribution in [1.29, 1.82) is 0 Å². The maximum atomic E-state index is 12.8. The van der Waals surface area contributed by atoms with Gasteiger partial charge in [0.05, 0.1) is 24.9 Å². The summed E-state index contributed by atoms with van der Waals surface area (Å²) < 4.78 is 11.0. The van der Waals surface area contributed by atoms with Gasteiger partial charge in [0.2, 0.25) is 0 Å². The van der Waals surface area contributed by atoms with E-state index in [4.69, 9.17) is 9.47 Å². The minimum absolute atomic E-state index is 0.0602. The Hall–Kier alpha value is -3.22. The highest BCUT2D eigenvalue weighted by molar-refractivity contribution is 6.04. The number of carbonyl (C=O) groups excluding carboxylic acids is 2. The Morgan fingerprint density at radius 3 is 2.77 bits per heavy atom. The molecule has 0 radical (unpaired) electrons. The highest BCUT2D eigenvalue weighted by atomic mass is 16.5. The predicted molar refractivity (Wildman–Crippen MR) is 114 cm³/mol. The molecule has 2 amide bonds. The monoisotopic (exact) mass is 409 g/mol. The molecule has 0 aliphatic carbocycles. The van der Waals surface area contributed by atoms with E-state index >= 15 is 0 Å². The van der Waals surface area contributed by atoms with Crippen LogP contribution in [-0.2, 0) is 0 Å². The number of para-hydroxylation sites is 2. The van der Waals surface area contributed by atoms with Crippen molar-refractivity contribution in [2.24, 2.45) is 0 Å². The molecule has 2 heterocycles. The van der Waals surface area contributed by atoms with Crippen LogP contribution >= 0.6 is 0 Å². The molecule has 158 valence electrons. The first-order valence-corrected chi connectivity index (χ1v) is 10.3. The van der Waals surface area contributed by atoms with Gasteiger partial charge in [-0.05, 0) is 49.6 Å². The first-order chi connectivity index (χ1) is 14.6. The third-order valence-corrected chi connectivity index (χ3v) is 5.76. The van der Waals surface area contributed by atoms with E-state index in [1.54, 1.807) is 19.2 Å². The van der Waals surface area contributed by atoms with Crippen LogP contribution in [0, 0.1) is 0 Å². The molecule has 7 heteroatoms. The maximum absolute atomic E-state index is 12.8. The smallest absolute Gasteiger partial charge is 0.257 e. The third-order valence-electron chi connectivity index (χ3n) is 5.76. The van der Waals surface area contributed by atoms with E-state index in [0.717, 1.165) is 31.5 Å². The molecule has 1 unspecified atom stereocenters. The zero-order valence-corrected chi connectivity index (χ0v) is 17.4. The Balaban J connectivity index is 1.39. The maximum Gasteiger partial charge on any atom is 0.257 e. The van der Waals surface area contributed by atoms with Gasteiger partial charge in [-0.25, -0.2) is 0 Å². The molecule has 1 saturated heterocycles. The number of benzene rings is 2. The standard InChI is InChI=1S/C23H27N3O4/c1-25-18-15-16(10-11-17(18)23(28)26-13-6-5-9-21(25)26)22(27)24-12-14-30-20-8-4-3-7-19(20)29-2/h3-4,7-8,10-11,15,21H,5-6,9,12-14H2,1-2H3,(H,24,27). The van der Waals surface area contributed by atoms with Gasteiger partial charge < -0.3 is 24.6 Å². The van der Waals surface area contributed by atoms with Gasteiger partial charge in [-0.3, -0.25) is 9.59 Å². The summed E-state index contributed by atoms with van der Waals surface area (Å²) in [5, 5.41) is 2.88. The van der Waals surface area contributed by atoms with Crippen LogP contribution in [0.3, 0.4) is 0 Å². The molecular formula is C23H27N3O4. The van der Waals surface area contributed by atoms with E-state index in [1.165, 1.54) is 0 Å². The Morgan fingerprint density at radius 2 is 1.97 bits per heavy atom. The van der Waals surface area contributed by atoms with E-state index in [1.807, 2.05) is 42.3 Å². The summed E-state index contributed by atoms with van der Waals surface area (Å²) >= 11 is 0. The molecule has 2 aromatic carbocycles. The number of ether oxygens (including phenoxy) is 2. The first kappa shape index (κ1) is 20.1. The van der Waals surface area contributed by atoms with Gasteiger partial charge in [0.1, 0.15) is 12.8 Å². The molecule has 7 nitrogen and oxygen atoms in total. The molecule has 1 fully saturated rings. The molecule has 0 bridgehead atoms. The average Bonchev–Trinajstić information content (AvgIpc) is 2.80. The zero-order chi connectivity index (χ0) is 21.1. The van der Waals surface area contributed by atoms with Crippen LogP contribution in [0.4, 0.5) is 5.69 Å². The lowest BCUT2D eigenvalue weighted by atomic mass is 9.97. The van der Waals surface area contributed by atoms with Crippen LogP contribution in [0.25, 0.3) is 0 Å². The lowest BCUT2D eigenvalue weighted by molar-refractivity contribution is 0.0589. The summed E-state index contributed by atoms with van der Waals surface area (Å²) in [4.78, 5) is 29.5. The number of hydrogen-bond donors (Lipinski definition) is 1. The molecule has 2 aromatic rings. The molecule has 2 aliphatic heterocycles. The third kappa shape index (κ3) is 3.79. The lowest BCUT2D eigenvalue weighted by Gasteiger charge is -2.46. The van der Waals surface area contributed by atoms with Crippen LogP contribution in [0.2, 0.25) is 0 Å². The van der Waals surface area contributed by atoms with Crippen molar-refractivity contribution in [2.75, 3.05) is 38.8 Å². The van der Waals surface area contributed by atoms with E-state index in [0.29, 0.717) is 35.8 Å². The molecule has 2 aliphatic rings. The SMILES string of the molecule is COc1ccccc1OCCNC(=O)c1ccc2c(c1)N(C)C1CCCCN1C2=O. The van der Waals surface area contributed by atoms with Crippen molar-refractivity contribution in [3.05, 3.63) is 53.6 Å². The van der Waals surface area contributed by atoms with E-state index in [9.17, 15) is 9.59 Å². The second-order valence-corrected chi connectivity index (χ2v) is 7.57. The fraction of sp³-hybridized carbons (Fsp3) is 0.391. The van der Waals surface area contributed by atoms with Crippen molar-refractivity contribution < 1.29 is 19.1 Å². The van der Waals surface area contributed by atoms with Crippen molar-refractivity contribution in [1.82, 2.24) is 10.2 Å². The molecule has 0 aromatic heterocycles. The van der Waals surface area contributed by atoms with E-state index < -0.39 is 0 Å². The lowest BCUT2D eigenvalue weighted by Crippen LogP contribution is -2.55.